The first kappa shape index (κ1) is 18.5. The first-order valence-corrected chi connectivity index (χ1v) is 11.2. The molecule has 3 rings (SSSR count). The second-order valence-electron chi connectivity index (χ2n) is 5.87. The maximum atomic E-state index is 12.3. The number of carbonyl (C=O) groups is 1. The van der Waals surface area contributed by atoms with Crippen molar-refractivity contribution in [3.05, 3.63) is 39.4 Å². The summed E-state index contributed by atoms with van der Waals surface area (Å²) in [6.45, 7) is 5.78. The number of sulfonamides is 1. The van der Waals surface area contributed by atoms with Crippen LogP contribution in [0.25, 0.3) is 0 Å². The third-order valence-corrected chi connectivity index (χ3v) is 7.90. The minimum absolute atomic E-state index is 0.0865. The summed E-state index contributed by atoms with van der Waals surface area (Å²) < 4.78 is 27.4. The van der Waals surface area contributed by atoms with Gasteiger partial charge in [-0.15, -0.1) is 22.7 Å². The molecule has 1 aliphatic heterocycles. The molecule has 0 unspecified atom stereocenters. The second-order valence-corrected chi connectivity index (χ2v) is 10.1. The molecule has 1 fully saturated rings. The fourth-order valence-corrected chi connectivity index (χ4v) is 5.74. The molecule has 0 spiro atoms. The third kappa shape index (κ3) is 4.68. The van der Waals surface area contributed by atoms with Gasteiger partial charge in [-0.1, -0.05) is 6.07 Å². The first-order valence-electron chi connectivity index (χ1n) is 8.07. The molecule has 3 heterocycles. The molecule has 0 radical (unpaired) electrons. The molecule has 25 heavy (non-hydrogen) atoms. The molecule has 0 bridgehead atoms. The van der Waals surface area contributed by atoms with Crippen LogP contribution in [0, 0.1) is 6.92 Å². The van der Waals surface area contributed by atoms with Gasteiger partial charge in [0.05, 0.1) is 4.88 Å². The predicted octanol–water partition coefficient (Wildman–Crippen LogP) is 1.85. The van der Waals surface area contributed by atoms with Gasteiger partial charge in [0.25, 0.3) is 5.91 Å². The summed E-state index contributed by atoms with van der Waals surface area (Å²) >= 11 is 2.74. The summed E-state index contributed by atoms with van der Waals surface area (Å²) in [5, 5.41) is 1.91. The van der Waals surface area contributed by atoms with Crippen LogP contribution in [0.4, 0.5) is 0 Å². The number of hydrogen-bond acceptors (Lipinski definition) is 6. The molecule has 0 saturated carbocycles. The highest BCUT2D eigenvalue weighted by Crippen LogP contribution is 2.20. The molecular formula is C16H21N3O3S3. The van der Waals surface area contributed by atoms with Crippen LogP contribution in [0.1, 0.15) is 14.5 Å². The maximum absolute atomic E-state index is 12.3. The number of rotatable bonds is 6. The molecule has 0 aromatic carbocycles. The molecular weight excluding hydrogens is 378 g/mol. The Balaban J connectivity index is 1.43. The van der Waals surface area contributed by atoms with E-state index in [0.29, 0.717) is 30.4 Å². The predicted molar refractivity (Wildman–Crippen MR) is 101 cm³/mol. The summed E-state index contributed by atoms with van der Waals surface area (Å²) in [7, 11) is -3.42. The lowest BCUT2D eigenvalue weighted by Crippen LogP contribution is -2.50. The van der Waals surface area contributed by atoms with Crippen LogP contribution in [-0.2, 0) is 10.0 Å². The standard InChI is InChI=1S/C16H21N3O3S3/c1-13-4-5-15(24-13)25(21,22)17-6-7-18-8-10-19(11-9-18)16(20)14-3-2-12-23-14/h2-5,12,17H,6-11H2,1H3. The smallest absolute Gasteiger partial charge is 0.264 e. The fourth-order valence-electron chi connectivity index (χ4n) is 2.70. The van der Waals surface area contributed by atoms with Gasteiger partial charge < -0.3 is 4.90 Å². The Bertz CT molecular complexity index is 807. The van der Waals surface area contributed by atoms with Gasteiger partial charge in [0.1, 0.15) is 4.21 Å². The Morgan fingerprint density at radius 2 is 1.96 bits per heavy atom. The Morgan fingerprint density at radius 1 is 1.20 bits per heavy atom. The molecule has 1 amide bonds. The van der Waals surface area contributed by atoms with Crippen LogP contribution in [0.5, 0.6) is 0 Å². The van der Waals surface area contributed by atoms with Crippen LogP contribution in [0.3, 0.4) is 0 Å². The number of aryl methyl sites for hydroxylation is 1. The Labute approximate surface area is 156 Å². The van der Waals surface area contributed by atoms with Crippen molar-refractivity contribution in [1.82, 2.24) is 14.5 Å². The van der Waals surface area contributed by atoms with Crippen molar-refractivity contribution in [3.63, 3.8) is 0 Å². The molecule has 1 saturated heterocycles. The fraction of sp³-hybridized carbons (Fsp3) is 0.438. The van der Waals surface area contributed by atoms with E-state index < -0.39 is 10.0 Å². The normalized spacial score (nSPS) is 16.3. The van der Waals surface area contributed by atoms with E-state index in [-0.39, 0.29) is 5.91 Å². The lowest BCUT2D eigenvalue weighted by atomic mass is 10.3. The molecule has 2 aromatic heterocycles. The minimum atomic E-state index is -3.42. The SMILES string of the molecule is Cc1ccc(S(=O)(=O)NCCN2CCN(C(=O)c3cccs3)CC2)s1. The topological polar surface area (TPSA) is 69.7 Å². The van der Waals surface area contributed by atoms with Crippen molar-refractivity contribution in [1.29, 1.82) is 0 Å². The molecule has 136 valence electrons. The van der Waals surface area contributed by atoms with Crippen molar-refractivity contribution in [2.45, 2.75) is 11.1 Å². The Hall–Kier alpha value is -1.26. The summed E-state index contributed by atoms with van der Waals surface area (Å²) in [4.78, 5) is 18.1. The second kappa shape index (κ2) is 7.96. The van der Waals surface area contributed by atoms with E-state index in [9.17, 15) is 13.2 Å². The minimum Gasteiger partial charge on any atom is -0.335 e. The lowest BCUT2D eigenvalue weighted by molar-refractivity contribution is 0.0645. The molecule has 2 aromatic rings. The quantitative estimate of drug-likeness (QED) is 0.805. The largest absolute Gasteiger partial charge is 0.335 e. The zero-order chi connectivity index (χ0) is 17.9. The van der Waals surface area contributed by atoms with E-state index in [1.165, 1.54) is 22.7 Å². The van der Waals surface area contributed by atoms with E-state index in [0.717, 1.165) is 22.8 Å². The zero-order valence-corrected chi connectivity index (χ0v) is 16.4. The van der Waals surface area contributed by atoms with Gasteiger partial charge in [0, 0.05) is 44.1 Å². The number of hydrogen-bond donors (Lipinski definition) is 1. The van der Waals surface area contributed by atoms with Crippen molar-refractivity contribution >= 4 is 38.6 Å². The number of nitrogens with one attached hydrogen (secondary N) is 1. The van der Waals surface area contributed by atoms with Crippen molar-refractivity contribution in [2.24, 2.45) is 0 Å². The highest BCUT2D eigenvalue weighted by molar-refractivity contribution is 7.91. The van der Waals surface area contributed by atoms with Crippen LogP contribution in [0.15, 0.2) is 33.9 Å². The Morgan fingerprint density at radius 3 is 2.56 bits per heavy atom. The molecule has 9 heteroatoms. The number of carbonyl (C=O) groups excluding carboxylic acids is 1. The van der Waals surface area contributed by atoms with Crippen LogP contribution in [-0.4, -0.2) is 63.4 Å². The average Bonchev–Trinajstić information content (AvgIpc) is 3.26. The third-order valence-electron chi connectivity index (χ3n) is 4.09. The summed E-state index contributed by atoms with van der Waals surface area (Å²) in [5.41, 5.74) is 0. The van der Waals surface area contributed by atoms with Gasteiger partial charge in [-0.05, 0) is 30.5 Å². The first-order chi connectivity index (χ1) is 12.0. The molecule has 1 N–H and O–H groups in total. The van der Waals surface area contributed by atoms with Crippen molar-refractivity contribution in [2.75, 3.05) is 39.3 Å². The highest BCUT2D eigenvalue weighted by atomic mass is 32.2. The van der Waals surface area contributed by atoms with Crippen LogP contribution in [0.2, 0.25) is 0 Å². The summed E-state index contributed by atoms with van der Waals surface area (Å²) in [5.74, 6) is 0.0865. The molecule has 0 atom stereocenters. The van der Waals surface area contributed by atoms with Crippen LogP contribution < -0.4 is 4.72 Å². The molecule has 1 aliphatic rings. The van der Waals surface area contributed by atoms with Gasteiger partial charge in [0.2, 0.25) is 10.0 Å². The van der Waals surface area contributed by atoms with Crippen molar-refractivity contribution < 1.29 is 13.2 Å². The van der Waals surface area contributed by atoms with E-state index in [1.807, 2.05) is 35.4 Å². The average molecular weight is 400 g/mol. The van der Waals surface area contributed by atoms with E-state index >= 15 is 0 Å². The van der Waals surface area contributed by atoms with Gasteiger partial charge in [0.15, 0.2) is 0 Å². The number of piperazine rings is 1. The van der Waals surface area contributed by atoms with Crippen LogP contribution >= 0.6 is 22.7 Å². The number of thiophene rings is 2. The zero-order valence-electron chi connectivity index (χ0n) is 14.0. The number of nitrogens with zero attached hydrogens (tertiary/aromatic N) is 2. The van der Waals surface area contributed by atoms with Gasteiger partial charge in [-0.2, -0.15) is 0 Å². The van der Waals surface area contributed by atoms with Gasteiger partial charge in [-0.25, -0.2) is 13.1 Å². The van der Waals surface area contributed by atoms with Gasteiger partial charge in [-0.3, -0.25) is 9.69 Å². The highest BCUT2D eigenvalue weighted by Gasteiger charge is 2.23. The van der Waals surface area contributed by atoms with Crippen molar-refractivity contribution in [3.8, 4) is 0 Å². The Kier molecular flexibility index (Phi) is 5.90. The maximum Gasteiger partial charge on any atom is 0.264 e. The molecule has 0 aliphatic carbocycles. The number of amides is 1. The van der Waals surface area contributed by atoms with E-state index in [4.69, 9.17) is 0 Å². The summed E-state index contributed by atoms with van der Waals surface area (Å²) in [6.07, 6.45) is 0. The monoisotopic (exact) mass is 399 g/mol. The summed E-state index contributed by atoms with van der Waals surface area (Å²) in [6, 6.07) is 7.18. The lowest BCUT2D eigenvalue weighted by Gasteiger charge is -2.34. The van der Waals surface area contributed by atoms with E-state index in [1.54, 1.807) is 6.07 Å². The van der Waals surface area contributed by atoms with E-state index in [2.05, 4.69) is 9.62 Å². The molecule has 6 nitrogen and oxygen atoms in total. The van der Waals surface area contributed by atoms with Gasteiger partial charge >= 0.3 is 0 Å².